The molecule has 386 valence electrons. The normalized spacial score (nSPS) is 26.7. The minimum absolute atomic E-state index is 0.0391. The van der Waals surface area contributed by atoms with Crippen molar-refractivity contribution in [3.05, 3.63) is 72.9 Å². The van der Waals surface area contributed by atoms with Gasteiger partial charge in [0.05, 0.1) is 26.4 Å². The lowest BCUT2D eigenvalue weighted by atomic mass is 9.98. The first-order valence-electron chi connectivity index (χ1n) is 25.5. The highest BCUT2D eigenvalue weighted by atomic mass is 16.7. The molecule has 0 aromatic carbocycles. The molecule has 2 aliphatic heterocycles. The predicted octanol–water partition coefficient (Wildman–Crippen LogP) is 7.51. The maximum atomic E-state index is 13.0. The largest absolute Gasteiger partial charge is 0.457 e. The summed E-state index contributed by atoms with van der Waals surface area (Å²) in [6.07, 6.45) is 32.4. The van der Waals surface area contributed by atoms with Gasteiger partial charge in [-0.15, -0.1) is 0 Å². The van der Waals surface area contributed by atoms with Crippen molar-refractivity contribution < 1.29 is 69.0 Å². The van der Waals surface area contributed by atoms with Crippen molar-refractivity contribution in [1.82, 2.24) is 0 Å². The molecule has 2 aliphatic rings. The maximum absolute atomic E-state index is 13.0. The zero-order valence-electron chi connectivity index (χ0n) is 40.9. The summed E-state index contributed by atoms with van der Waals surface area (Å²) >= 11 is 0. The van der Waals surface area contributed by atoms with Crippen molar-refractivity contribution in [2.75, 3.05) is 33.0 Å². The summed E-state index contributed by atoms with van der Waals surface area (Å²) in [5.41, 5.74) is 0. The van der Waals surface area contributed by atoms with Crippen LogP contribution in [-0.4, -0.2) is 142 Å². The summed E-state index contributed by atoms with van der Waals surface area (Å²) in [5.74, 6) is -0.400. The molecule has 0 amide bonds. The molecule has 67 heavy (non-hydrogen) atoms. The van der Waals surface area contributed by atoms with Crippen LogP contribution < -0.4 is 0 Å². The predicted molar refractivity (Wildman–Crippen MR) is 261 cm³/mol. The minimum atomic E-state index is -1.72. The maximum Gasteiger partial charge on any atom is 0.306 e. The average Bonchev–Trinajstić information content (AvgIpc) is 3.32. The summed E-state index contributed by atoms with van der Waals surface area (Å²) in [5, 5.41) is 72.1. The van der Waals surface area contributed by atoms with Gasteiger partial charge in [-0.1, -0.05) is 138 Å². The summed E-state index contributed by atoms with van der Waals surface area (Å²) in [7, 11) is 0. The van der Waals surface area contributed by atoms with E-state index in [-0.39, 0.29) is 19.6 Å². The van der Waals surface area contributed by atoms with Crippen LogP contribution in [0.2, 0.25) is 0 Å². The first-order chi connectivity index (χ1) is 32.6. The summed E-state index contributed by atoms with van der Waals surface area (Å²) in [4.78, 5) is 13.0. The van der Waals surface area contributed by atoms with E-state index in [1.54, 1.807) is 0 Å². The second-order valence-electron chi connectivity index (χ2n) is 17.6. The molecule has 0 saturated carbocycles. The first-order valence-corrected chi connectivity index (χ1v) is 25.5. The van der Waals surface area contributed by atoms with Crippen molar-refractivity contribution in [1.29, 1.82) is 0 Å². The molecule has 0 radical (unpaired) electrons. The van der Waals surface area contributed by atoms with Crippen LogP contribution in [0.3, 0.4) is 0 Å². The van der Waals surface area contributed by atoms with Gasteiger partial charge in [0, 0.05) is 13.0 Å². The molecule has 11 unspecified atom stereocenters. The Morgan fingerprint density at radius 3 is 1.52 bits per heavy atom. The Bertz CT molecular complexity index is 1380. The van der Waals surface area contributed by atoms with Crippen LogP contribution in [0.4, 0.5) is 0 Å². The number of hydrogen-bond donors (Lipinski definition) is 7. The molecular formula is C53H90O14. The Balaban J connectivity index is 1.79. The zero-order valence-corrected chi connectivity index (χ0v) is 40.9. The van der Waals surface area contributed by atoms with Crippen LogP contribution in [0.5, 0.6) is 0 Å². The highest BCUT2D eigenvalue weighted by Crippen LogP contribution is 2.26. The standard InChI is InChI=1S/C53H90O14/c1-3-5-7-9-11-13-15-17-19-20-21-23-25-27-29-31-33-35-37-62-39-42(65-45(55)36-34-32-30-28-26-24-22-18-16-14-12-10-8-6-4-2)40-63-52-51(61)49(59)47(57)44(67-52)41-64-53-50(60)48(58)46(56)43(38-54)66-53/h5,7,11-14,17-19,21-23,42-44,46-54,56-61H,3-4,6,8-10,15-16,20,24-41H2,1-2H3/b7-5-,13-11-,14-12-,19-17-,22-18-,23-21-. The lowest BCUT2D eigenvalue weighted by molar-refractivity contribution is -0.332. The Morgan fingerprint density at radius 2 is 0.970 bits per heavy atom. The topological polar surface area (TPSA) is 214 Å². The van der Waals surface area contributed by atoms with Crippen LogP contribution in [0.1, 0.15) is 155 Å². The molecule has 14 heteroatoms. The molecule has 2 saturated heterocycles. The third-order valence-corrected chi connectivity index (χ3v) is 11.7. The molecule has 14 nitrogen and oxygen atoms in total. The van der Waals surface area contributed by atoms with Crippen molar-refractivity contribution in [2.24, 2.45) is 0 Å². The first kappa shape index (κ1) is 60.6. The highest BCUT2D eigenvalue weighted by molar-refractivity contribution is 5.69. The molecule has 2 fully saturated rings. The Hall–Kier alpha value is -2.57. The Labute approximate surface area is 402 Å². The number of hydrogen-bond acceptors (Lipinski definition) is 14. The van der Waals surface area contributed by atoms with E-state index in [1.807, 2.05) is 0 Å². The highest BCUT2D eigenvalue weighted by Gasteiger charge is 2.47. The third-order valence-electron chi connectivity index (χ3n) is 11.7. The molecule has 0 spiro atoms. The van der Waals surface area contributed by atoms with Gasteiger partial charge in [0.2, 0.25) is 0 Å². The van der Waals surface area contributed by atoms with E-state index in [4.69, 9.17) is 28.4 Å². The average molecular weight is 951 g/mol. The van der Waals surface area contributed by atoms with Crippen LogP contribution >= 0.6 is 0 Å². The fraction of sp³-hybridized carbons (Fsp3) is 0.755. The van der Waals surface area contributed by atoms with Crippen molar-refractivity contribution in [3.8, 4) is 0 Å². The summed E-state index contributed by atoms with van der Waals surface area (Å²) in [6.45, 7) is 3.46. The number of aliphatic hydroxyl groups excluding tert-OH is 7. The number of ether oxygens (including phenoxy) is 6. The van der Waals surface area contributed by atoms with Gasteiger partial charge in [0.15, 0.2) is 12.6 Å². The van der Waals surface area contributed by atoms with Crippen LogP contribution in [0.25, 0.3) is 0 Å². The number of carbonyl (C=O) groups is 1. The molecule has 2 rings (SSSR count). The smallest absolute Gasteiger partial charge is 0.306 e. The van der Waals surface area contributed by atoms with Crippen LogP contribution in [0, 0.1) is 0 Å². The fourth-order valence-electron chi connectivity index (χ4n) is 7.54. The number of unbranched alkanes of at least 4 members (excludes halogenated alkanes) is 13. The number of aliphatic hydroxyl groups is 7. The molecular weight excluding hydrogens is 861 g/mol. The Morgan fingerprint density at radius 1 is 0.507 bits per heavy atom. The van der Waals surface area contributed by atoms with E-state index >= 15 is 0 Å². The monoisotopic (exact) mass is 951 g/mol. The van der Waals surface area contributed by atoms with Crippen molar-refractivity contribution in [2.45, 2.75) is 223 Å². The Kier molecular flexibility index (Phi) is 36.3. The van der Waals surface area contributed by atoms with Gasteiger partial charge in [-0.05, 0) is 83.5 Å². The number of carbonyl (C=O) groups excluding carboxylic acids is 1. The second-order valence-corrected chi connectivity index (χ2v) is 17.6. The summed E-state index contributed by atoms with van der Waals surface area (Å²) < 4.78 is 34.2. The van der Waals surface area contributed by atoms with E-state index in [9.17, 15) is 40.5 Å². The lowest BCUT2D eigenvalue weighted by Gasteiger charge is -2.42. The second kappa shape index (κ2) is 40.2. The van der Waals surface area contributed by atoms with Crippen LogP contribution in [0.15, 0.2) is 72.9 Å². The molecule has 2 heterocycles. The van der Waals surface area contributed by atoms with Crippen LogP contribution in [-0.2, 0) is 33.2 Å². The van der Waals surface area contributed by atoms with Gasteiger partial charge in [-0.2, -0.15) is 0 Å². The molecule has 0 bridgehead atoms. The van der Waals surface area contributed by atoms with E-state index in [2.05, 4.69) is 86.8 Å². The van der Waals surface area contributed by atoms with E-state index in [0.29, 0.717) is 13.0 Å². The number of esters is 1. The van der Waals surface area contributed by atoms with Gasteiger partial charge in [-0.3, -0.25) is 4.79 Å². The quantitative estimate of drug-likeness (QED) is 0.0181. The van der Waals surface area contributed by atoms with Gasteiger partial charge in [-0.25, -0.2) is 0 Å². The van der Waals surface area contributed by atoms with Crippen molar-refractivity contribution in [3.63, 3.8) is 0 Å². The number of rotatable bonds is 39. The van der Waals surface area contributed by atoms with E-state index < -0.39 is 86.7 Å². The SMILES string of the molecule is CC/C=C\C/C=C\C/C=C\C/C=C\CCCCCCCOCC(COC1OC(COC2OC(CO)C(O)C(O)C2O)C(O)C(O)C1O)OC(=O)CCCCCCC/C=C\C/C=C\CCCCC. The van der Waals surface area contributed by atoms with Gasteiger partial charge in [0.25, 0.3) is 0 Å². The molecule has 7 N–H and O–H groups in total. The van der Waals surface area contributed by atoms with E-state index in [1.165, 1.54) is 19.3 Å². The lowest BCUT2D eigenvalue weighted by Crippen LogP contribution is -2.61. The van der Waals surface area contributed by atoms with Gasteiger partial charge < -0.3 is 64.2 Å². The summed E-state index contributed by atoms with van der Waals surface area (Å²) in [6, 6.07) is 0. The van der Waals surface area contributed by atoms with Gasteiger partial charge in [0.1, 0.15) is 54.9 Å². The van der Waals surface area contributed by atoms with Crippen molar-refractivity contribution >= 4 is 5.97 Å². The molecule has 11 atom stereocenters. The third kappa shape index (κ3) is 28.0. The zero-order chi connectivity index (χ0) is 48.7. The fourth-order valence-corrected chi connectivity index (χ4v) is 7.54. The van der Waals surface area contributed by atoms with Gasteiger partial charge >= 0.3 is 5.97 Å². The number of allylic oxidation sites excluding steroid dienone is 12. The van der Waals surface area contributed by atoms with E-state index in [0.717, 1.165) is 109 Å². The molecule has 0 aliphatic carbocycles. The molecule has 0 aromatic heterocycles. The minimum Gasteiger partial charge on any atom is -0.457 e. The molecule has 0 aromatic rings.